The van der Waals surface area contributed by atoms with Gasteiger partial charge in [0.2, 0.25) is 0 Å². The first-order chi connectivity index (χ1) is 8.20. The van der Waals surface area contributed by atoms with Crippen molar-refractivity contribution < 1.29 is 0 Å². The van der Waals surface area contributed by atoms with Gasteiger partial charge in [0.05, 0.1) is 0 Å². The van der Waals surface area contributed by atoms with Crippen molar-refractivity contribution >= 4 is 53.6 Å². The molecule has 0 spiro atoms. The third-order valence-electron chi connectivity index (χ3n) is 3.26. The molecule has 0 amide bonds. The van der Waals surface area contributed by atoms with Crippen molar-refractivity contribution in [3.05, 3.63) is 0 Å². The van der Waals surface area contributed by atoms with E-state index in [0.29, 0.717) is 0 Å². The van der Waals surface area contributed by atoms with Crippen molar-refractivity contribution in [2.45, 2.75) is 59.7 Å². The Balaban J connectivity index is 3.10. The first-order valence-electron chi connectivity index (χ1n) is 6.44. The molecule has 1 heterocycles. The summed E-state index contributed by atoms with van der Waals surface area (Å²) in [7, 11) is 0. The lowest BCUT2D eigenvalue weighted by Crippen LogP contribution is -2.76. The zero-order valence-electron chi connectivity index (χ0n) is 11.9. The fourth-order valence-electron chi connectivity index (χ4n) is 2.24. The summed E-state index contributed by atoms with van der Waals surface area (Å²) < 4.78 is 6.21. The molecule has 18 heavy (non-hydrogen) atoms. The van der Waals surface area contributed by atoms with Crippen molar-refractivity contribution in [2.75, 3.05) is 0 Å². The van der Waals surface area contributed by atoms with Crippen LogP contribution in [-0.4, -0.2) is 51.5 Å². The maximum atomic E-state index is 6.55. The minimum Gasteiger partial charge on any atom is -0.326 e. The molecule has 0 aromatic rings. The lowest BCUT2D eigenvalue weighted by molar-refractivity contribution is 0.370. The van der Waals surface area contributed by atoms with E-state index in [1.165, 1.54) is 0 Å². The molecular weight excluding hydrogens is 289 g/mol. The smallest absolute Gasteiger partial charge is 0.326 e. The van der Waals surface area contributed by atoms with Crippen LogP contribution in [-0.2, 0) is 0 Å². The van der Waals surface area contributed by atoms with Gasteiger partial charge in [0.1, 0.15) is 0 Å². The van der Waals surface area contributed by atoms with E-state index in [-0.39, 0.29) is 37.3 Å². The maximum Gasteiger partial charge on any atom is 0.401 e. The maximum absolute atomic E-state index is 6.55. The minimum absolute atomic E-state index is 0.252. The largest absolute Gasteiger partial charge is 0.401 e. The third kappa shape index (κ3) is 3.16. The predicted octanol–water partition coefficient (Wildman–Crippen LogP) is 2.80. The van der Waals surface area contributed by atoms with Crippen LogP contribution in [0.3, 0.4) is 0 Å². The Bertz CT molecular complexity index is 228. The predicted molar refractivity (Wildman–Crippen MR) is 85.7 cm³/mol. The summed E-state index contributed by atoms with van der Waals surface area (Å²) in [4.78, 5) is 0. The molecule has 0 radical (unpaired) electrons. The van der Waals surface area contributed by atoms with E-state index < -0.39 is 0 Å². The van der Waals surface area contributed by atoms with Crippen LogP contribution in [0.1, 0.15) is 41.5 Å². The van der Waals surface area contributed by atoms with Crippen LogP contribution in [0.4, 0.5) is 0 Å². The van der Waals surface area contributed by atoms with Crippen LogP contribution in [0.25, 0.3) is 0 Å². The molecule has 0 aromatic carbocycles. The molecule has 1 fully saturated rings. The van der Waals surface area contributed by atoms with Gasteiger partial charge < -0.3 is 14.2 Å². The van der Waals surface area contributed by atoms with E-state index >= 15 is 0 Å². The number of halogens is 3. The standard InChI is InChI=1S/C9H21B3Cl3N3/c1-7(2)16-10(13)17(8(3)4)12(15)18(9(5)6)11(16)14/h7-9H,1-6H3. The summed E-state index contributed by atoms with van der Waals surface area (Å²) >= 11 is 19.7. The first kappa shape index (κ1) is 17.0. The summed E-state index contributed by atoms with van der Waals surface area (Å²) in [6.45, 7) is 12.6. The average Bonchev–Trinajstić information content (AvgIpc) is 2.14. The minimum atomic E-state index is -0.287. The molecule has 1 aliphatic rings. The average molecular weight is 310 g/mol. The second-order valence-electron chi connectivity index (χ2n) is 5.55. The van der Waals surface area contributed by atoms with Gasteiger partial charge in [-0.15, -0.1) is 0 Å². The lowest BCUT2D eigenvalue weighted by Gasteiger charge is -2.52. The van der Waals surface area contributed by atoms with Crippen LogP contribution in [0, 0.1) is 0 Å². The van der Waals surface area contributed by atoms with Crippen LogP contribution in [0.5, 0.6) is 0 Å². The summed E-state index contributed by atoms with van der Waals surface area (Å²) in [5.41, 5.74) is 0. The van der Waals surface area contributed by atoms with E-state index in [1.807, 2.05) is 0 Å². The second kappa shape index (κ2) is 6.60. The van der Waals surface area contributed by atoms with E-state index in [1.54, 1.807) is 0 Å². The summed E-state index contributed by atoms with van der Waals surface area (Å²) in [5.74, 6) is 0. The quantitative estimate of drug-likeness (QED) is 0.742. The molecule has 0 saturated carbocycles. The molecule has 0 unspecified atom stereocenters. The fourth-order valence-corrected chi connectivity index (χ4v) is 4.41. The zero-order valence-corrected chi connectivity index (χ0v) is 14.2. The highest BCUT2D eigenvalue weighted by Crippen LogP contribution is 2.30. The molecule has 1 rings (SSSR count). The van der Waals surface area contributed by atoms with Crippen LogP contribution < -0.4 is 0 Å². The van der Waals surface area contributed by atoms with E-state index in [0.717, 1.165) is 0 Å². The van der Waals surface area contributed by atoms with E-state index in [2.05, 4.69) is 55.7 Å². The van der Waals surface area contributed by atoms with Crippen molar-refractivity contribution in [2.24, 2.45) is 0 Å². The van der Waals surface area contributed by atoms with Gasteiger partial charge in [0.15, 0.2) is 0 Å². The topological polar surface area (TPSA) is 9.72 Å². The molecule has 0 aromatic heterocycles. The van der Waals surface area contributed by atoms with Crippen LogP contribution in [0.15, 0.2) is 0 Å². The lowest BCUT2D eigenvalue weighted by atomic mass is 9.68. The van der Waals surface area contributed by atoms with Gasteiger partial charge in [-0.05, 0) is 18.1 Å². The number of hydrogen-bond donors (Lipinski definition) is 0. The molecule has 0 N–H and O–H groups in total. The summed E-state index contributed by atoms with van der Waals surface area (Å²) in [5, 5.41) is 0. The van der Waals surface area contributed by atoms with Crippen molar-refractivity contribution in [1.29, 1.82) is 0 Å². The fraction of sp³-hybridized carbons (Fsp3) is 1.00. The Morgan fingerprint density at radius 3 is 0.833 bits per heavy atom. The Kier molecular flexibility index (Phi) is 6.23. The summed E-state index contributed by atoms with van der Waals surface area (Å²) in [6, 6.07) is 0.755. The zero-order chi connectivity index (χ0) is 14.2. The van der Waals surface area contributed by atoms with Gasteiger partial charge in [-0.25, -0.2) is 0 Å². The van der Waals surface area contributed by atoms with E-state index in [4.69, 9.17) is 34.4 Å². The highest BCUT2D eigenvalue weighted by Gasteiger charge is 2.54. The highest BCUT2D eigenvalue weighted by atomic mass is 35.5. The molecular formula is C9H21B3Cl3N3. The molecule has 3 nitrogen and oxygen atoms in total. The number of nitrogens with zero attached hydrogens (tertiary/aromatic N) is 3. The van der Waals surface area contributed by atoms with Gasteiger partial charge in [-0.2, -0.15) is 34.4 Å². The van der Waals surface area contributed by atoms with Gasteiger partial charge in [0, 0.05) is 0 Å². The Labute approximate surface area is 127 Å². The molecule has 0 bridgehead atoms. The molecule has 0 aliphatic carbocycles. The Hall–Kier alpha value is 0.945. The van der Waals surface area contributed by atoms with Crippen molar-refractivity contribution in [1.82, 2.24) is 14.2 Å². The second-order valence-corrected chi connectivity index (χ2v) is 6.73. The number of rotatable bonds is 3. The monoisotopic (exact) mass is 309 g/mol. The van der Waals surface area contributed by atoms with Gasteiger partial charge in [-0.1, -0.05) is 41.5 Å². The molecule has 102 valence electrons. The van der Waals surface area contributed by atoms with Gasteiger partial charge >= 0.3 is 19.2 Å². The number of hydrogen-bond acceptors (Lipinski definition) is 3. The summed E-state index contributed by atoms with van der Waals surface area (Å²) in [6.07, 6.45) is -0.861. The van der Waals surface area contributed by atoms with Gasteiger partial charge in [-0.3, -0.25) is 0 Å². The third-order valence-corrected chi connectivity index (χ3v) is 4.62. The van der Waals surface area contributed by atoms with Gasteiger partial charge in [0.25, 0.3) is 0 Å². The molecule has 0 atom stereocenters. The van der Waals surface area contributed by atoms with Crippen LogP contribution >= 0.6 is 34.4 Å². The van der Waals surface area contributed by atoms with Crippen molar-refractivity contribution in [3.63, 3.8) is 0 Å². The first-order valence-corrected chi connectivity index (χ1v) is 7.75. The highest BCUT2D eigenvalue weighted by molar-refractivity contribution is 7.25. The normalized spacial score (nSPS) is 21.0. The molecule has 1 aliphatic heterocycles. The van der Waals surface area contributed by atoms with Crippen LogP contribution in [0.2, 0.25) is 0 Å². The molecule has 9 heteroatoms. The Morgan fingerprint density at radius 2 is 0.722 bits per heavy atom. The van der Waals surface area contributed by atoms with Crippen molar-refractivity contribution in [3.8, 4) is 0 Å². The SMILES string of the molecule is CC(C)N1B(Cl)N(C(C)C)B(Cl)N(C(C)C)B1Cl. The van der Waals surface area contributed by atoms with E-state index in [9.17, 15) is 0 Å². The molecule has 1 saturated heterocycles. The Morgan fingerprint density at radius 1 is 0.556 bits per heavy atom.